The van der Waals surface area contributed by atoms with E-state index in [0.717, 1.165) is 4.70 Å². The number of benzene rings is 1. The smallest absolute Gasteiger partial charge is 0.246 e. The van der Waals surface area contributed by atoms with Crippen molar-refractivity contribution in [1.82, 2.24) is 19.4 Å². The highest BCUT2D eigenvalue weighted by Gasteiger charge is 2.37. The lowest BCUT2D eigenvalue weighted by Gasteiger charge is -2.34. The number of aryl methyl sites for hydroxylation is 1. The van der Waals surface area contributed by atoms with E-state index in [1.807, 2.05) is 0 Å². The van der Waals surface area contributed by atoms with Crippen molar-refractivity contribution in [3.63, 3.8) is 0 Å². The molecular weight excluding hydrogens is 405 g/mol. The van der Waals surface area contributed by atoms with Crippen molar-refractivity contribution in [2.24, 2.45) is 0 Å². The Hall–Kier alpha value is -2.11. The van der Waals surface area contributed by atoms with E-state index in [1.54, 1.807) is 19.1 Å². The molecular formula is C17H20FN5O3S2. The second-order valence-electron chi connectivity index (χ2n) is 7.09. The molecule has 1 unspecified atom stereocenters. The standard InChI is InChI=1S/C17H20FN5O3S2/c1-11-20-15(26-22-11)9-19-16-21-13-8-12(4-5-14(13)27-16)28(24,25)23-7-3-6-17(2,18)10-23/h4-5,8H,3,6-7,9-10H2,1-2H3,(H,19,21). The second kappa shape index (κ2) is 7.05. The molecule has 3 heterocycles. The molecule has 0 radical (unpaired) electrons. The number of thiazole rings is 1. The fourth-order valence-corrected chi connectivity index (χ4v) is 5.66. The molecule has 150 valence electrons. The highest BCUT2D eigenvalue weighted by molar-refractivity contribution is 7.89. The minimum absolute atomic E-state index is 0.124. The first-order valence-electron chi connectivity index (χ1n) is 8.86. The minimum Gasteiger partial charge on any atom is -0.352 e. The van der Waals surface area contributed by atoms with Gasteiger partial charge in [-0.2, -0.15) is 9.29 Å². The van der Waals surface area contributed by atoms with Gasteiger partial charge in [0.05, 0.1) is 21.7 Å². The summed E-state index contributed by atoms with van der Waals surface area (Å²) in [6.45, 7) is 3.71. The maximum Gasteiger partial charge on any atom is 0.246 e. The van der Waals surface area contributed by atoms with E-state index in [-0.39, 0.29) is 11.4 Å². The first kappa shape index (κ1) is 19.2. The van der Waals surface area contributed by atoms with Gasteiger partial charge in [0.15, 0.2) is 11.0 Å². The minimum atomic E-state index is -3.76. The maximum absolute atomic E-state index is 14.3. The molecule has 1 atom stereocenters. The van der Waals surface area contributed by atoms with Gasteiger partial charge in [-0.25, -0.2) is 17.8 Å². The van der Waals surface area contributed by atoms with Crippen LogP contribution >= 0.6 is 11.3 Å². The van der Waals surface area contributed by atoms with Crippen molar-refractivity contribution in [2.45, 2.75) is 43.8 Å². The van der Waals surface area contributed by atoms with Crippen LogP contribution in [0.4, 0.5) is 9.52 Å². The summed E-state index contributed by atoms with van der Waals surface area (Å²) in [6, 6.07) is 4.80. The maximum atomic E-state index is 14.3. The van der Waals surface area contributed by atoms with Crippen molar-refractivity contribution in [1.29, 1.82) is 0 Å². The van der Waals surface area contributed by atoms with Gasteiger partial charge in [-0.3, -0.25) is 0 Å². The van der Waals surface area contributed by atoms with E-state index in [0.29, 0.717) is 48.3 Å². The van der Waals surface area contributed by atoms with Gasteiger partial charge in [-0.15, -0.1) is 0 Å². The van der Waals surface area contributed by atoms with Crippen molar-refractivity contribution >= 4 is 36.7 Å². The number of nitrogens with one attached hydrogen (secondary N) is 1. The summed E-state index contributed by atoms with van der Waals surface area (Å²) in [6.07, 6.45) is 0.882. The van der Waals surface area contributed by atoms with E-state index in [1.165, 1.54) is 28.6 Å². The van der Waals surface area contributed by atoms with Gasteiger partial charge < -0.3 is 9.84 Å². The lowest BCUT2D eigenvalue weighted by atomic mass is 9.99. The molecule has 2 aromatic heterocycles. The summed E-state index contributed by atoms with van der Waals surface area (Å²) in [5, 5.41) is 7.44. The molecule has 3 aromatic rings. The lowest BCUT2D eigenvalue weighted by Crippen LogP contribution is -2.46. The number of piperidine rings is 1. The molecule has 28 heavy (non-hydrogen) atoms. The van der Waals surface area contributed by atoms with E-state index >= 15 is 0 Å². The van der Waals surface area contributed by atoms with Gasteiger partial charge >= 0.3 is 0 Å². The molecule has 0 saturated carbocycles. The number of halogens is 1. The van der Waals surface area contributed by atoms with E-state index < -0.39 is 15.7 Å². The molecule has 4 rings (SSSR count). The van der Waals surface area contributed by atoms with Crippen LogP contribution in [0, 0.1) is 6.92 Å². The number of alkyl halides is 1. The Morgan fingerprint density at radius 3 is 2.93 bits per heavy atom. The van der Waals surface area contributed by atoms with E-state index in [2.05, 4.69) is 20.4 Å². The summed E-state index contributed by atoms with van der Waals surface area (Å²) in [5.41, 5.74) is -0.935. The number of sulfonamides is 1. The molecule has 0 spiro atoms. The van der Waals surface area contributed by atoms with Crippen LogP contribution in [0.15, 0.2) is 27.6 Å². The van der Waals surface area contributed by atoms with Crippen LogP contribution < -0.4 is 5.32 Å². The molecule has 1 fully saturated rings. The molecule has 0 bridgehead atoms. The lowest BCUT2D eigenvalue weighted by molar-refractivity contribution is 0.102. The van der Waals surface area contributed by atoms with Crippen molar-refractivity contribution in [3.05, 3.63) is 29.9 Å². The number of nitrogens with zero attached hydrogens (tertiary/aromatic N) is 4. The third kappa shape index (κ3) is 3.87. The van der Waals surface area contributed by atoms with Crippen LogP contribution in [0.3, 0.4) is 0 Å². The second-order valence-corrected chi connectivity index (χ2v) is 10.1. The summed E-state index contributed by atoms with van der Waals surface area (Å²) in [4.78, 5) is 8.68. The molecule has 8 nitrogen and oxygen atoms in total. The van der Waals surface area contributed by atoms with Crippen LogP contribution in [0.25, 0.3) is 10.2 Å². The van der Waals surface area contributed by atoms with Crippen LogP contribution in [0.2, 0.25) is 0 Å². The molecule has 1 aromatic carbocycles. The van der Waals surface area contributed by atoms with E-state index in [4.69, 9.17) is 4.52 Å². The monoisotopic (exact) mass is 425 g/mol. The number of fused-ring (bicyclic) bond motifs is 1. The van der Waals surface area contributed by atoms with Crippen molar-refractivity contribution < 1.29 is 17.3 Å². The van der Waals surface area contributed by atoms with Gasteiger partial charge in [-0.1, -0.05) is 16.5 Å². The first-order chi connectivity index (χ1) is 13.2. The molecule has 1 aliphatic heterocycles. The number of anilines is 1. The van der Waals surface area contributed by atoms with Crippen molar-refractivity contribution in [3.8, 4) is 0 Å². The largest absolute Gasteiger partial charge is 0.352 e. The zero-order valence-corrected chi connectivity index (χ0v) is 17.1. The topological polar surface area (TPSA) is 101 Å². The average Bonchev–Trinajstić information content (AvgIpc) is 3.23. The van der Waals surface area contributed by atoms with Crippen molar-refractivity contribution in [2.75, 3.05) is 18.4 Å². The van der Waals surface area contributed by atoms with E-state index in [9.17, 15) is 12.8 Å². The average molecular weight is 426 g/mol. The normalized spacial score (nSPS) is 21.2. The van der Waals surface area contributed by atoms with Crippen LogP contribution in [-0.2, 0) is 16.6 Å². The summed E-state index contributed by atoms with van der Waals surface area (Å²) >= 11 is 1.40. The van der Waals surface area contributed by atoms with Crippen LogP contribution in [-0.4, -0.2) is 46.6 Å². The zero-order valence-electron chi connectivity index (χ0n) is 15.5. The van der Waals surface area contributed by atoms with Gasteiger partial charge in [0.2, 0.25) is 15.9 Å². The highest BCUT2D eigenvalue weighted by atomic mass is 32.2. The summed E-state index contributed by atoms with van der Waals surface area (Å²) in [5.74, 6) is 0.998. The molecule has 11 heteroatoms. The van der Waals surface area contributed by atoms with Gasteiger partial charge in [0.1, 0.15) is 5.67 Å². The predicted octanol–water partition coefficient (Wildman–Crippen LogP) is 3.11. The Balaban J connectivity index is 1.55. The Labute approximate surface area is 165 Å². The molecule has 0 amide bonds. The third-order valence-electron chi connectivity index (χ3n) is 4.57. The Kier molecular flexibility index (Phi) is 4.84. The Morgan fingerprint density at radius 2 is 2.21 bits per heavy atom. The molecule has 1 N–H and O–H groups in total. The SMILES string of the molecule is Cc1noc(CNc2nc3cc(S(=O)(=O)N4CCCC(C)(F)C4)ccc3s2)n1. The van der Waals surface area contributed by atoms with Crippen LogP contribution in [0.5, 0.6) is 0 Å². The fraction of sp³-hybridized carbons (Fsp3) is 0.471. The predicted molar refractivity (Wildman–Crippen MR) is 103 cm³/mol. The fourth-order valence-electron chi connectivity index (χ4n) is 3.21. The molecule has 0 aliphatic carbocycles. The van der Waals surface area contributed by atoms with Gasteiger partial charge in [0, 0.05) is 13.1 Å². The number of aromatic nitrogens is 3. The number of hydrogen-bond donors (Lipinski definition) is 1. The summed E-state index contributed by atoms with van der Waals surface area (Å²) in [7, 11) is -3.76. The Bertz CT molecular complexity index is 1110. The summed E-state index contributed by atoms with van der Waals surface area (Å²) < 4.78 is 47.3. The number of rotatable bonds is 5. The van der Waals surface area contributed by atoms with Crippen LogP contribution in [0.1, 0.15) is 31.5 Å². The first-order valence-corrected chi connectivity index (χ1v) is 11.1. The quantitative estimate of drug-likeness (QED) is 0.670. The zero-order chi connectivity index (χ0) is 19.9. The highest BCUT2D eigenvalue weighted by Crippen LogP contribution is 2.32. The molecule has 1 saturated heterocycles. The Morgan fingerprint density at radius 1 is 1.39 bits per heavy atom. The molecule has 1 aliphatic rings. The van der Waals surface area contributed by atoms with Gasteiger partial charge in [0.25, 0.3) is 0 Å². The number of hydrogen-bond acceptors (Lipinski definition) is 8. The third-order valence-corrected chi connectivity index (χ3v) is 7.40. The van der Waals surface area contributed by atoms with Gasteiger partial charge in [-0.05, 0) is 44.9 Å².